The normalized spacial score (nSPS) is 13.2. The summed E-state index contributed by atoms with van der Waals surface area (Å²) >= 11 is 1.29. The molecule has 9 heteroatoms. The van der Waals surface area contributed by atoms with Crippen LogP contribution in [0.4, 0.5) is 5.13 Å². The van der Waals surface area contributed by atoms with Gasteiger partial charge in [0.1, 0.15) is 6.04 Å². The fourth-order valence-electron chi connectivity index (χ4n) is 2.47. The van der Waals surface area contributed by atoms with E-state index in [1.54, 1.807) is 13.0 Å². The van der Waals surface area contributed by atoms with Gasteiger partial charge in [0, 0.05) is 10.9 Å². The van der Waals surface area contributed by atoms with Crippen LogP contribution in [0.3, 0.4) is 0 Å². The number of benzene rings is 1. The van der Waals surface area contributed by atoms with Gasteiger partial charge in [-0.1, -0.05) is 0 Å². The molecule has 1 atom stereocenters. The zero-order valence-electron chi connectivity index (χ0n) is 14.2. The molecule has 1 unspecified atom stereocenters. The van der Waals surface area contributed by atoms with Crippen molar-refractivity contribution in [2.24, 2.45) is 0 Å². The average Bonchev–Trinajstić information content (AvgIpc) is 3.41. The molecule has 2 N–H and O–H groups in total. The third-order valence-corrected chi connectivity index (χ3v) is 4.65. The number of amides is 2. The Morgan fingerprint density at radius 2 is 2.07 bits per heavy atom. The Labute approximate surface area is 158 Å². The van der Waals surface area contributed by atoms with E-state index in [-0.39, 0.29) is 18.5 Å². The molecule has 1 aromatic carbocycles. The number of hydrogen-bond donors (Lipinski definition) is 2. The van der Waals surface area contributed by atoms with Crippen molar-refractivity contribution in [2.45, 2.75) is 13.0 Å². The van der Waals surface area contributed by atoms with Gasteiger partial charge in [-0.15, -0.1) is 11.3 Å². The van der Waals surface area contributed by atoms with Crippen molar-refractivity contribution in [2.75, 3.05) is 12.1 Å². The zero-order chi connectivity index (χ0) is 18.8. The highest BCUT2D eigenvalue weighted by Crippen LogP contribution is 2.36. The summed E-state index contributed by atoms with van der Waals surface area (Å²) in [5.41, 5.74) is 1.57. The molecule has 0 spiro atoms. The number of carbonyl (C=O) groups excluding carboxylic acids is 2. The van der Waals surface area contributed by atoms with Gasteiger partial charge in [-0.05, 0) is 37.3 Å². The Morgan fingerprint density at radius 3 is 2.89 bits per heavy atom. The first-order valence-corrected chi connectivity index (χ1v) is 8.99. The van der Waals surface area contributed by atoms with E-state index in [0.717, 1.165) is 5.56 Å². The van der Waals surface area contributed by atoms with Crippen molar-refractivity contribution in [3.8, 4) is 22.8 Å². The number of aromatic nitrogens is 1. The second-order valence-electron chi connectivity index (χ2n) is 5.77. The van der Waals surface area contributed by atoms with Crippen LogP contribution in [-0.2, 0) is 4.79 Å². The lowest BCUT2D eigenvalue weighted by Crippen LogP contribution is -2.41. The lowest BCUT2D eigenvalue weighted by molar-refractivity contribution is -0.117. The molecule has 1 aliphatic heterocycles. The Hall–Kier alpha value is -3.33. The summed E-state index contributed by atoms with van der Waals surface area (Å²) in [4.78, 5) is 28.6. The average molecular weight is 385 g/mol. The van der Waals surface area contributed by atoms with E-state index in [4.69, 9.17) is 13.9 Å². The summed E-state index contributed by atoms with van der Waals surface area (Å²) in [6.07, 6.45) is 1.40. The van der Waals surface area contributed by atoms with Crippen LogP contribution < -0.4 is 20.1 Å². The molecule has 0 radical (unpaired) electrons. The molecule has 0 aliphatic carbocycles. The maximum Gasteiger partial charge on any atom is 0.287 e. The molecule has 0 saturated carbocycles. The summed E-state index contributed by atoms with van der Waals surface area (Å²) in [7, 11) is 0. The van der Waals surface area contributed by atoms with Gasteiger partial charge in [0.15, 0.2) is 22.4 Å². The van der Waals surface area contributed by atoms with Crippen LogP contribution >= 0.6 is 11.3 Å². The van der Waals surface area contributed by atoms with Gasteiger partial charge in [-0.3, -0.25) is 9.59 Å². The Bertz CT molecular complexity index is 983. The molecule has 3 aromatic rings. The van der Waals surface area contributed by atoms with Crippen molar-refractivity contribution in [3.63, 3.8) is 0 Å². The number of rotatable bonds is 5. The highest BCUT2D eigenvalue weighted by molar-refractivity contribution is 7.14. The van der Waals surface area contributed by atoms with Crippen molar-refractivity contribution < 1.29 is 23.5 Å². The number of thiazole rings is 1. The fourth-order valence-corrected chi connectivity index (χ4v) is 3.20. The van der Waals surface area contributed by atoms with Crippen LogP contribution in [0.2, 0.25) is 0 Å². The van der Waals surface area contributed by atoms with Crippen LogP contribution in [0.1, 0.15) is 17.5 Å². The predicted molar refractivity (Wildman–Crippen MR) is 97.9 cm³/mol. The second-order valence-corrected chi connectivity index (χ2v) is 6.63. The van der Waals surface area contributed by atoms with E-state index in [9.17, 15) is 9.59 Å². The molecule has 2 amide bonds. The molecule has 0 bridgehead atoms. The molecule has 8 nitrogen and oxygen atoms in total. The number of anilines is 1. The number of furan rings is 1. The van der Waals surface area contributed by atoms with E-state index in [1.165, 1.54) is 23.7 Å². The van der Waals surface area contributed by atoms with Crippen LogP contribution in [0.25, 0.3) is 11.3 Å². The summed E-state index contributed by atoms with van der Waals surface area (Å²) in [6, 6.07) is 7.92. The number of hydrogen-bond acceptors (Lipinski definition) is 7. The van der Waals surface area contributed by atoms with Crippen molar-refractivity contribution in [1.82, 2.24) is 10.3 Å². The number of carbonyl (C=O) groups is 2. The quantitative estimate of drug-likeness (QED) is 0.700. The van der Waals surface area contributed by atoms with Crippen molar-refractivity contribution >= 4 is 28.3 Å². The van der Waals surface area contributed by atoms with Gasteiger partial charge >= 0.3 is 0 Å². The SMILES string of the molecule is CC(NC(=O)c1ccco1)C(=O)Nc1nc(-c2ccc3c(c2)OCO3)cs1. The minimum absolute atomic E-state index is 0.147. The summed E-state index contributed by atoms with van der Waals surface area (Å²) in [5, 5.41) is 7.54. The Morgan fingerprint density at radius 1 is 1.22 bits per heavy atom. The van der Waals surface area contributed by atoms with E-state index >= 15 is 0 Å². The Balaban J connectivity index is 1.40. The van der Waals surface area contributed by atoms with Gasteiger partial charge in [0.05, 0.1) is 12.0 Å². The highest BCUT2D eigenvalue weighted by atomic mass is 32.1. The van der Waals surface area contributed by atoms with Crippen molar-refractivity contribution in [1.29, 1.82) is 0 Å². The number of nitrogens with one attached hydrogen (secondary N) is 2. The summed E-state index contributed by atoms with van der Waals surface area (Å²) in [5.74, 6) is 0.683. The van der Waals surface area contributed by atoms with Gasteiger partial charge in [-0.2, -0.15) is 0 Å². The maximum absolute atomic E-state index is 12.3. The number of ether oxygens (including phenoxy) is 2. The summed E-state index contributed by atoms with van der Waals surface area (Å²) in [6.45, 7) is 1.79. The van der Waals surface area contributed by atoms with Crippen molar-refractivity contribution in [3.05, 3.63) is 47.7 Å². The zero-order valence-corrected chi connectivity index (χ0v) is 15.0. The molecule has 138 valence electrons. The fraction of sp³-hybridized carbons (Fsp3) is 0.167. The minimum atomic E-state index is -0.750. The minimum Gasteiger partial charge on any atom is -0.459 e. The van der Waals surface area contributed by atoms with Crippen LogP contribution in [-0.4, -0.2) is 29.6 Å². The third-order valence-electron chi connectivity index (χ3n) is 3.89. The maximum atomic E-state index is 12.3. The topological polar surface area (TPSA) is 103 Å². The van der Waals surface area contributed by atoms with E-state index in [1.807, 2.05) is 23.6 Å². The molecule has 2 aromatic heterocycles. The number of nitrogens with zero attached hydrogens (tertiary/aromatic N) is 1. The molecule has 0 saturated heterocycles. The van der Waals surface area contributed by atoms with Gasteiger partial charge < -0.3 is 24.5 Å². The lowest BCUT2D eigenvalue weighted by Gasteiger charge is -2.11. The summed E-state index contributed by atoms with van der Waals surface area (Å²) < 4.78 is 15.7. The monoisotopic (exact) mass is 385 g/mol. The first-order chi connectivity index (χ1) is 13.1. The molecule has 3 heterocycles. The second kappa shape index (κ2) is 7.12. The Kier molecular flexibility index (Phi) is 4.51. The lowest BCUT2D eigenvalue weighted by atomic mass is 10.1. The third kappa shape index (κ3) is 3.63. The molecular formula is C18H15N3O5S. The van der Waals surface area contributed by atoms with E-state index in [2.05, 4.69) is 15.6 Å². The molecule has 4 rings (SSSR count). The molecule has 0 fully saturated rings. The first kappa shape index (κ1) is 17.1. The first-order valence-electron chi connectivity index (χ1n) is 8.11. The standard InChI is InChI=1S/C18H15N3O5S/c1-10(19-17(23)14-3-2-6-24-14)16(22)21-18-20-12(8-27-18)11-4-5-13-15(7-11)26-9-25-13/h2-8,10H,9H2,1H3,(H,19,23)(H,20,21,22). The van der Waals surface area contributed by atoms with E-state index < -0.39 is 11.9 Å². The highest BCUT2D eigenvalue weighted by Gasteiger charge is 2.20. The molecule has 27 heavy (non-hydrogen) atoms. The van der Waals surface area contributed by atoms with Gasteiger partial charge in [-0.25, -0.2) is 4.98 Å². The van der Waals surface area contributed by atoms with Gasteiger partial charge in [0.2, 0.25) is 12.7 Å². The smallest absolute Gasteiger partial charge is 0.287 e. The molecular weight excluding hydrogens is 370 g/mol. The van der Waals surface area contributed by atoms with Crippen LogP contribution in [0.5, 0.6) is 11.5 Å². The van der Waals surface area contributed by atoms with Gasteiger partial charge in [0.25, 0.3) is 5.91 Å². The molecule has 1 aliphatic rings. The predicted octanol–water partition coefficient (Wildman–Crippen LogP) is 2.89. The van der Waals surface area contributed by atoms with E-state index in [0.29, 0.717) is 22.3 Å². The largest absolute Gasteiger partial charge is 0.459 e. The number of fused-ring (bicyclic) bond motifs is 1. The van der Waals surface area contributed by atoms with Crippen LogP contribution in [0.15, 0.2) is 46.4 Å². The van der Waals surface area contributed by atoms with Crippen LogP contribution in [0, 0.1) is 0 Å².